The van der Waals surface area contributed by atoms with Crippen LogP contribution in [0.1, 0.15) is 20.8 Å². The van der Waals surface area contributed by atoms with Gasteiger partial charge in [-0.05, 0) is 29.8 Å². The van der Waals surface area contributed by atoms with Gasteiger partial charge in [0.1, 0.15) is 5.82 Å². The number of amides is 1. The first-order valence-corrected chi connectivity index (χ1v) is 6.22. The predicted octanol–water partition coefficient (Wildman–Crippen LogP) is 1.73. The zero-order chi connectivity index (χ0) is 15.6. The van der Waals surface area contributed by atoms with Crippen molar-refractivity contribution >= 4 is 17.7 Å². The van der Waals surface area contributed by atoms with E-state index in [0.717, 1.165) is 0 Å². The number of nitrogens with zero attached hydrogens (tertiary/aromatic N) is 2. The lowest BCUT2D eigenvalue weighted by Crippen LogP contribution is -2.21. The number of benzene rings is 1. The Labute approximate surface area is 121 Å². The maximum Gasteiger partial charge on any atom is 0.355 e. The molecule has 1 aromatic heterocycles. The molecule has 6 nitrogen and oxygen atoms in total. The van der Waals surface area contributed by atoms with E-state index in [4.69, 9.17) is 5.73 Å². The van der Waals surface area contributed by atoms with Crippen LogP contribution in [0.4, 0.5) is 5.82 Å². The molecule has 0 aliphatic carbocycles. The predicted molar refractivity (Wildman–Crippen MR) is 79.1 cm³/mol. The van der Waals surface area contributed by atoms with Crippen LogP contribution in [0.3, 0.4) is 0 Å². The molecule has 2 rings (SSSR count). The molecule has 0 atom stereocenters. The molecule has 0 fully saturated rings. The van der Waals surface area contributed by atoms with Gasteiger partial charge in [-0.2, -0.15) is 0 Å². The highest BCUT2D eigenvalue weighted by Gasteiger charge is 2.16. The lowest BCUT2D eigenvalue weighted by Gasteiger charge is -2.12. The third-order valence-electron chi connectivity index (χ3n) is 2.95. The Bertz CT molecular complexity index is 711. The number of carbonyl (C=O) groups excluding carboxylic acids is 1. The van der Waals surface area contributed by atoms with Gasteiger partial charge in [0.15, 0.2) is 5.69 Å². The van der Waals surface area contributed by atoms with Crippen molar-refractivity contribution in [1.29, 1.82) is 0 Å². The maximum atomic E-state index is 12.0. The first kappa shape index (κ1) is 14.5. The fraction of sp³-hybridized carbons (Fsp3) is 0.133. The van der Waals surface area contributed by atoms with E-state index in [9.17, 15) is 14.7 Å². The number of carboxylic acids is 1. The molecular formula is C15H15N3O3. The lowest BCUT2D eigenvalue weighted by molar-refractivity contribution is 0.0691. The van der Waals surface area contributed by atoms with Crippen molar-refractivity contribution in [3.63, 3.8) is 0 Å². The summed E-state index contributed by atoms with van der Waals surface area (Å²) in [7, 11) is 3.31. The van der Waals surface area contributed by atoms with Crippen LogP contribution in [0.25, 0.3) is 11.1 Å². The first-order chi connectivity index (χ1) is 9.90. The van der Waals surface area contributed by atoms with Gasteiger partial charge < -0.3 is 15.7 Å². The number of nitrogen functional groups attached to an aromatic ring is 1. The number of hydrogen-bond donors (Lipinski definition) is 2. The molecule has 0 aliphatic rings. The topological polar surface area (TPSA) is 96.5 Å². The highest BCUT2D eigenvalue weighted by Crippen LogP contribution is 2.25. The van der Waals surface area contributed by atoms with Gasteiger partial charge >= 0.3 is 5.97 Å². The lowest BCUT2D eigenvalue weighted by atomic mass is 10.0. The van der Waals surface area contributed by atoms with Crippen LogP contribution in [0.5, 0.6) is 0 Å². The van der Waals surface area contributed by atoms with E-state index in [1.54, 1.807) is 44.4 Å². The largest absolute Gasteiger partial charge is 0.476 e. The number of carboxylic acid groups (broad SMARTS) is 1. The summed E-state index contributed by atoms with van der Waals surface area (Å²) in [5.74, 6) is -1.18. The zero-order valence-electron chi connectivity index (χ0n) is 11.7. The highest BCUT2D eigenvalue weighted by atomic mass is 16.4. The summed E-state index contributed by atoms with van der Waals surface area (Å²) in [5, 5.41) is 9.22. The van der Waals surface area contributed by atoms with E-state index in [-0.39, 0.29) is 17.4 Å². The summed E-state index contributed by atoms with van der Waals surface area (Å²) in [4.78, 5) is 28.6. The number of aromatic carboxylic acids is 1. The van der Waals surface area contributed by atoms with Crippen molar-refractivity contribution in [1.82, 2.24) is 9.88 Å². The Morgan fingerprint density at radius 3 is 2.52 bits per heavy atom. The van der Waals surface area contributed by atoms with Crippen molar-refractivity contribution in [3.8, 4) is 11.1 Å². The average Bonchev–Trinajstić information content (AvgIpc) is 2.46. The molecule has 21 heavy (non-hydrogen) atoms. The van der Waals surface area contributed by atoms with Crippen molar-refractivity contribution < 1.29 is 14.7 Å². The normalized spacial score (nSPS) is 10.2. The third-order valence-corrected chi connectivity index (χ3v) is 2.95. The number of aromatic nitrogens is 1. The molecule has 0 spiro atoms. The second-order valence-electron chi connectivity index (χ2n) is 4.72. The molecule has 0 unspecified atom stereocenters. The van der Waals surface area contributed by atoms with E-state index in [2.05, 4.69) is 4.98 Å². The number of nitrogens with two attached hydrogens (primary N) is 1. The van der Waals surface area contributed by atoms with Crippen LogP contribution >= 0.6 is 0 Å². The molecule has 0 saturated heterocycles. The molecule has 6 heteroatoms. The fourth-order valence-electron chi connectivity index (χ4n) is 1.95. The molecule has 1 amide bonds. The van der Waals surface area contributed by atoms with Crippen LogP contribution in [-0.4, -0.2) is 41.0 Å². The number of anilines is 1. The Kier molecular flexibility index (Phi) is 3.89. The monoisotopic (exact) mass is 285 g/mol. The maximum absolute atomic E-state index is 12.0. The summed E-state index contributed by atoms with van der Waals surface area (Å²) >= 11 is 0. The number of hydrogen-bond acceptors (Lipinski definition) is 4. The molecule has 2 aromatic rings. The summed E-state index contributed by atoms with van der Waals surface area (Å²) in [6.45, 7) is 0. The second-order valence-corrected chi connectivity index (χ2v) is 4.72. The fourth-order valence-corrected chi connectivity index (χ4v) is 1.95. The highest BCUT2D eigenvalue weighted by molar-refractivity contribution is 5.97. The van der Waals surface area contributed by atoms with E-state index in [0.29, 0.717) is 16.7 Å². The first-order valence-electron chi connectivity index (χ1n) is 6.22. The average molecular weight is 285 g/mol. The van der Waals surface area contributed by atoms with Crippen LogP contribution < -0.4 is 5.73 Å². The van der Waals surface area contributed by atoms with Gasteiger partial charge in [-0.3, -0.25) is 4.79 Å². The Balaban J connectivity index is 2.55. The molecule has 1 aromatic carbocycles. The standard InChI is InChI=1S/C15H15N3O3/c1-18(2)14(19)10-5-3-4-9(8-10)11-6-7-12(16)17-13(11)15(20)21/h3-8H,1-2H3,(H2,16,17)(H,20,21). The molecule has 108 valence electrons. The van der Waals surface area contributed by atoms with Crippen molar-refractivity contribution in [2.45, 2.75) is 0 Å². The van der Waals surface area contributed by atoms with Gasteiger partial charge in [0, 0.05) is 25.2 Å². The summed E-state index contributed by atoms with van der Waals surface area (Å²) in [5.41, 5.74) is 6.89. The molecule has 3 N–H and O–H groups in total. The smallest absolute Gasteiger partial charge is 0.355 e. The summed E-state index contributed by atoms with van der Waals surface area (Å²) in [6.07, 6.45) is 0. The van der Waals surface area contributed by atoms with E-state index in [1.807, 2.05) is 0 Å². The SMILES string of the molecule is CN(C)C(=O)c1cccc(-c2ccc(N)nc2C(=O)O)c1. The molecular weight excluding hydrogens is 270 g/mol. The van der Waals surface area contributed by atoms with E-state index in [1.165, 1.54) is 11.0 Å². The minimum atomic E-state index is -1.17. The second kappa shape index (κ2) is 5.62. The molecule has 0 radical (unpaired) electrons. The van der Waals surface area contributed by atoms with Gasteiger partial charge in [-0.1, -0.05) is 12.1 Å². The minimum absolute atomic E-state index is 0.135. The molecule has 1 heterocycles. The summed E-state index contributed by atoms with van der Waals surface area (Å²) < 4.78 is 0. The number of rotatable bonds is 3. The quantitative estimate of drug-likeness (QED) is 0.895. The Morgan fingerprint density at radius 2 is 1.90 bits per heavy atom. The Hall–Kier alpha value is -2.89. The van der Waals surface area contributed by atoms with E-state index >= 15 is 0 Å². The van der Waals surface area contributed by atoms with Crippen molar-refractivity contribution in [2.75, 3.05) is 19.8 Å². The van der Waals surface area contributed by atoms with Crippen LogP contribution in [-0.2, 0) is 0 Å². The van der Waals surface area contributed by atoms with Gasteiger partial charge in [0.25, 0.3) is 5.91 Å². The minimum Gasteiger partial charge on any atom is -0.476 e. The van der Waals surface area contributed by atoms with Crippen LogP contribution in [0.2, 0.25) is 0 Å². The Morgan fingerprint density at radius 1 is 1.19 bits per heavy atom. The molecule has 0 saturated carbocycles. The third kappa shape index (κ3) is 3.00. The van der Waals surface area contributed by atoms with Gasteiger partial charge in [-0.15, -0.1) is 0 Å². The van der Waals surface area contributed by atoms with Gasteiger partial charge in [-0.25, -0.2) is 9.78 Å². The van der Waals surface area contributed by atoms with Gasteiger partial charge in [0.2, 0.25) is 0 Å². The summed E-state index contributed by atoms with van der Waals surface area (Å²) in [6, 6.07) is 9.87. The molecule has 0 aliphatic heterocycles. The van der Waals surface area contributed by atoms with Crippen LogP contribution in [0, 0.1) is 0 Å². The zero-order valence-corrected chi connectivity index (χ0v) is 11.7. The molecule has 0 bridgehead atoms. The number of carbonyl (C=O) groups is 2. The van der Waals surface area contributed by atoms with Crippen molar-refractivity contribution in [3.05, 3.63) is 47.7 Å². The van der Waals surface area contributed by atoms with Gasteiger partial charge in [0.05, 0.1) is 0 Å². The van der Waals surface area contributed by atoms with E-state index < -0.39 is 5.97 Å². The van der Waals surface area contributed by atoms with Crippen molar-refractivity contribution in [2.24, 2.45) is 0 Å². The number of pyridine rings is 1. The van der Waals surface area contributed by atoms with Crippen LogP contribution in [0.15, 0.2) is 36.4 Å².